The Labute approximate surface area is 114 Å². The lowest BCUT2D eigenvalue weighted by Gasteiger charge is -2.04. The van der Waals surface area contributed by atoms with Crippen LogP contribution in [0.15, 0.2) is 47.3 Å². The summed E-state index contributed by atoms with van der Waals surface area (Å²) >= 11 is 3.23. The molecular weight excluding hydrogens is 294 g/mol. The van der Waals surface area contributed by atoms with Crippen molar-refractivity contribution in [2.45, 2.75) is 6.42 Å². The van der Waals surface area contributed by atoms with Crippen molar-refractivity contribution in [2.75, 3.05) is 6.54 Å². The maximum Gasteiger partial charge on any atom is 0.252 e. The molecule has 5 heteroatoms. The fourth-order valence-corrected chi connectivity index (χ4v) is 1.70. The second-order valence-corrected chi connectivity index (χ2v) is 4.51. The van der Waals surface area contributed by atoms with E-state index in [1.165, 1.54) is 0 Å². The predicted molar refractivity (Wildman–Crippen MR) is 72.2 cm³/mol. The first-order valence-electron chi connectivity index (χ1n) is 5.55. The van der Waals surface area contributed by atoms with Gasteiger partial charge in [-0.3, -0.25) is 9.78 Å². The zero-order valence-corrected chi connectivity index (χ0v) is 11.2. The standard InChI is InChI=1S/C13H12BrN3O/c14-12-5-4-10(9-17-12)13(18)16-8-6-11-3-1-2-7-15-11/h1-5,7,9H,6,8H2,(H,16,18). The van der Waals surface area contributed by atoms with Gasteiger partial charge in [-0.05, 0) is 40.2 Å². The molecule has 0 aliphatic heterocycles. The molecule has 0 unspecified atom stereocenters. The molecule has 18 heavy (non-hydrogen) atoms. The Bertz CT molecular complexity index is 514. The lowest BCUT2D eigenvalue weighted by atomic mass is 10.2. The van der Waals surface area contributed by atoms with Crippen molar-refractivity contribution in [2.24, 2.45) is 0 Å². The SMILES string of the molecule is O=C(NCCc1ccccn1)c1ccc(Br)nc1. The quantitative estimate of drug-likeness (QED) is 0.881. The number of amides is 1. The summed E-state index contributed by atoms with van der Waals surface area (Å²) in [7, 11) is 0. The van der Waals surface area contributed by atoms with Gasteiger partial charge >= 0.3 is 0 Å². The van der Waals surface area contributed by atoms with Gasteiger partial charge in [0.1, 0.15) is 4.60 Å². The molecule has 2 aromatic rings. The Morgan fingerprint density at radius 1 is 1.22 bits per heavy atom. The summed E-state index contributed by atoms with van der Waals surface area (Å²) in [5, 5.41) is 2.83. The monoisotopic (exact) mass is 305 g/mol. The van der Waals surface area contributed by atoms with Gasteiger partial charge in [-0.1, -0.05) is 6.07 Å². The summed E-state index contributed by atoms with van der Waals surface area (Å²) in [6, 6.07) is 9.21. The van der Waals surface area contributed by atoms with Crippen LogP contribution in [-0.2, 0) is 6.42 Å². The van der Waals surface area contributed by atoms with Crippen LogP contribution in [-0.4, -0.2) is 22.4 Å². The van der Waals surface area contributed by atoms with Crippen molar-refractivity contribution in [3.05, 3.63) is 58.6 Å². The van der Waals surface area contributed by atoms with E-state index in [0.717, 1.165) is 12.1 Å². The van der Waals surface area contributed by atoms with E-state index in [1.807, 2.05) is 18.2 Å². The first-order chi connectivity index (χ1) is 8.75. The maximum atomic E-state index is 11.8. The molecule has 2 heterocycles. The highest BCUT2D eigenvalue weighted by Gasteiger charge is 2.05. The average molecular weight is 306 g/mol. The third-order valence-corrected chi connectivity index (χ3v) is 2.85. The van der Waals surface area contributed by atoms with E-state index >= 15 is 0 Å². The number of hydrogen-bond acceptors (Lipinski definition) is 3. The number of halogens is 1. The Morgan fingerprint density at radius 2 is 2.11 bits per heavy atom. The van der Waals surface area contributed by atoms with Crippen molar-refractivity contribution < 1.29 is 4.79 Å². The summed E-state index contributed by atoms with van der Waals surface area (Å²) in [6.45, 7) is 0.561. The third-order valence-electron chi connectivity index (χ3n) is 2.38. The van der Waals surface area contributed by atoms with Crippen LogP contribution in [0.3, 0.4) is 0 Å². The molecule has 1 amide bonds. The molecule has 0 saturated heterocycles. The molecule has 0 fully saturated rings. The van der Waals surface area contributed by atoms with E-state index in [2.05, 4.69) is 31.2 Å². The van der Waals surface area contributed by atoms with Crippen molar-refractivity contribution in [1.29, 1.82) is 0 Å². The first-order valence-corrected chi connectivity index (χ1v) is 6.34. The molecular formula is C13H12BrN3O. The number of carbonyl (C=O) groups excluding carboxylic acids is 1. The summed E-state index contributed by atoms with van der Waals surface area (Å²) in [5.74, 6) is -0.120. The van der Waals surface area contributed by atoms with Gasteiger partial charge in [0.2, 0.25) is 0 Å². The highest BCUT2D eigenvalue weighted by molar-refractivity contribution is 9.10. The van der Waals surface area contributed by atoms with Crippen LogP contribution in [0.5, 0.6) is 0 Å². The minimum absolute atomic E-state index is 0.120. The van der Waals surface area contributed by atoms with Gasteiger partial charge in [0.05, 0.1) is 5.56 Å². The molecule has 0 bridgehead atoms. The molecule has 0 aliphatic carbocycles. The number of carbonyl (C=O) groups is 1. The number of aromatic nitrogens is 2. The van der Waals surface area contributed by atoms with E-state index in [-0.39, 0.29) is 5.91 Å². The highest BCUT2D eigenvalue weighted by atomic mass is 79.9. The van der Waals surface area contributed by atoms with Crippen molar-refractivity contribution >= 4 is 21.8 Å². The summed E-state index contributed by atoms with van der Waals surface area (Å²) in [4.78, 5) is 20.0. The molecule has 2 aromatic heterocycles. The van der Waals surface area contributed by atoms with Gasteiger partial charge in [0, 0.05) is 31.1 Å². The number of hydrogen-bond donors (Lipinski definition) is 1. The van der Waals surface area contributed by atoms with E-state index in [4.69, 9.17) is 0 Å². The van der Waals surface area contributed by atoms with E-state index < -0.39 is 0 Å². The van der Waals surface area contributed by atoms with Crippen LogP contribution in [0.25, 0.3) is 0 Å². The second kappa shape index (κ2) is 6.26. The normalized spacial score (nSPS) is 10.1. The minimum atomic E-state index is -0.120. The Balaban J connectivity index is 1.84. The number of pyridine rings is 2. The van der Waals surface area contributed by atoms with Gasteiger partial charge in [-0.15, -0.1) is 0 Å². The third kappa shape index (κ3) is 3.63. The predicted octanol–water partition coefficient (Wildman–Crippen LogP) is 2.21. The van der Waals surface area contributed by atoms with Gasteiger partial charge in [0.25, 0.3) is 5.91 Å². The topological polar surface area (TPSA) is 54.9 Å². The largest absolute Gasteiger partial charge is 0.352 e. The van der Waals surface area contributed by atoms with Crippen molar-refractivity contribution in [1.82, 2.24) is 15.3 Å². The van der Waals surface area contributed by atoms with Crippen LogP contribution in [0.4, 0.5) is 0 Å². The van der Waals surface area contributed by atoms with E-state index in [9.17, 15) is 4.79 Å². The lowest BCUT2D eigenvalue weighted by molar-refractivity contribution is 0.0953. The molecule has 0 aliphatic rings. The fraction of sp³-hybridized carbons (Fsp3) is 0.154. The van der Waals surface area contributed by atoms with Crippen LogP contribution in [0.1, 0.15) is 16.1 Å². The van der Waals surface area contributed by atoms with Gasteiger partial charge in [0.15, 0.2) is 0 Å². The Morgan fingerprint density at radius 3 is 2.78 bits per heavy atom. The molecule has 0 spiro atoms. The maximum absolute atomic E-state index is 11.8. The van der Waals surface area contributed by atoms with Crippen molar-refractivity contribution in [3.8, 4) is 0 Å². The zero-order valence-electron chi connectivity index (χ0n) is 9.64. The summed E-state index contributed by atoms with van der Waals surface area (Å²) in [5.41, 5.74) is 1.52. The first kappa shape index (κ1) is 12.7. The molecule has 1 N–H and O–H groups in total. The van der Waals surface area contributed by atoms with Gasteiger partial charge < -0.3 is 5.32 Å². The minimum Gasteiger partial charge on any atom is -0.352 e. The smallest absolute Gasteiger partial charge is 0.252 e. The molecule has 0 aromatic carbocycles. The van der Waals surface area contributed by atoms with Crippen LogP contribution in [0.2, 0.25) is 0 Å². The Kier molecular flexibility index (Phi) is 4.41. The molecule has 2 rings (SSSR count). The zero-order chi connectivity index (χ0) is 12.8. The Hall–Kier alpha value is -1.75. The lowest BCUT2D eigenvalue weighted by Crippen LogP contribution is -2.25. The number of nitrogens with one attached hydrogen (secondary N) is 1. The number of rotatable bonds is 4. The molecule has 4 nitrogen and oxygen atoms in total. The summed E-state index contributed by atoms with van der Waals surface area (Å²) in [6.07, 6.45) is 4.01. The van der Waals surface area contributed by atoms with Crippen LogP contribution >= 0.6 is 15.9 Å². The van der Waals surface area contributed by atoms with Crippen LogP contribution in [0, 0.1) is 0 Å². The van der Waals surface area contributed by atoms with Crippen LogP contribution < -0.4 is 5.32 Å². The number of nitrogens with zero attached hydrogens (tertiary/aromatic N) is 2. The van der Waals surface area contributed by atoms with Crippen molar-refractivity contribution in [3.63, 3.8) is 0 Å². The van der Waals surface area contributed by atoms with E-state index in [0.29, 0.717) is 16.7 Å². The molecule has 0 radical (unpaired) electrons. The van der Waals surface area contributed by atoms with Gasteiger partial charge in [-0.2, -0.15) is 0 Å². The second-order valence-electron chi connectivity index (χ2n) is 3.70. The highest BCUT2D eigenvalue weighted by Crippen LogP contribution is 2.06. The van der Waals surface area contributed by atoms with Gasteiger partial charge in [-0.25, -0.2) is 4.98 Å². The summed E-state index contributed by atoms with van der Waals surface area (Å²) < 4.78 is 0.715. The fourth-order valence-electron chi connectivity index (χ4n) is 1.46. The molecule has 0 atom stereocenters. The molecule has 92 valence electrons. The van der Waals surface area contributed by atoms with E-state index in [1.54, 1.807) is 24.5 Å². The molecule has 0 saturated carbocycles. The average Bonchev–Trinajstić information content (AvgIpc) is 2.40.